The molecule has 0 aliphatic rings. The minimum atomic E-state index is -0.667. The molecule has 0 saturated heterocycles. The number of aryl methyl sites for hydroxylation is 2. The van der Waals surface area contributed by atoms with Crippen molar-refractivity contribution in [3.8, 4) is 22.4 Å². The van der Waals surface area contributed by atoms with Crippen LogP contribution in [0.4, 0.5) is 14.6 Å². The predicted octanol–water partition coefficient (Wildman–Crippen LogP) is 2.65. The number of H-pyrrole nitrogens is 1. The van der Waals surface area contributed by atoms with Crippen LogP contribution >= 0.6 is 0 Å². The van der Waals surface area contributed by atoms with E-state index in [0.717, 1.165) is 17.3 Å². The van der Waals surface area contributed by atoms with Gasteiger partial charge in [-0.2, -0.15) is 10.2 Å². The molecule has 0 aliphatic heterocycles. The highest BCUT2D eigenvalue weighted by atomic mass is 19.1. The number of nitrogens with one attached hydrogen (secondary N) is 1. The largest absolute Gasteiger partial charge is 0.382 e. The number of nitrogens with two attached hydrogens (primary N) is 1. The Kier molecular flexibility index (Phi) is 2.97. The number of aromatic nitrogens is 4. The van der Waals surface area contributed by atoms with E-state index in [0.29, 0.717) is 16.8 Å². The number of hydrogen-bond donors (Lipinski definition) is 2. The van der Waals surface area contributed by atoms with Crippen molar-refractivity contribution in [2.24, 2.45) is 7.05 Å². The molecule has 7 heteroatoms. The lowest BCUT2D eigenvalue weighted by atomic mass is 10.0. The number of halogens is 2. The molecule has 0 unspecified atom stereocenters. The van der Waals surface area contributed by atoms with E-state index in [1.807, 2.05) is 6.92 Å². The lowest BCUT2D eigenvalue weighted by Gasteiger charge is -2.04. The fraction of sp³-hybridized carbons (Fsp3) is 0.143. The molecule has 3 aromatic rings. The number of anilines is 1. The number of nitrogen functional groups attached to an aromatic ring is 1. The maximum Gasteiger partial charge on any atom is 0.153 e. The Morgan fingerprint density at radius 3 is 2.43 bits per heavy atom. The molecule has 3 N–H and O–H groups in total. The number of aromatic amines is 1. The van der Waals surface area contributed by atoms with Crippen molar-refractivity contribution in [2.45, 2.75) is 6.92 Å². The third-order valence-electron chi connectivity index (χ3n) is 3.23. The van der Waals surface area contributed by atoms with Gasteiger partial charge in [0, 0.05) is 24.9 Å². The Labute approximate surface area is 119 Å². The number of hydrogen-bond acceptors (Lipinski definition) is 3. The molecule has 108 valence electrons. The minimum absolute atomic E-state index is 0.179. The fourth-order valence-corrected chi connectivity index (χ4v) is 2.39. The van der Waals surface area contributed by atoms with Crippen LogP contribution in [0.2, 0.25) is 0 Å². The molecule has 0 bridgehead atoms. The van der Waals surface area contributed by atoms with Crippen LogP contribution in [0.25, 0.3) is 22.4 Å². The van der Waals surface area contributed by atoms with E-state index in [1.54, 1.807) is 17.9 Å². The summed E-state index contributed by atoms with van der Waals surface area (Å²) in [5, 5.41) is 11.0. The second kappa shape index (κ2) is 4.69. The molecule has 0 radical (unpaired) electrons. The van der Waals surface area contributed by atoms with E-state index in [-0.39, 0.29) is 5.82 Å². The first-order valence-corrected chi connectivity index (χ1v) is 6.26. The van der Waals surface area contributed by atoms with Gasteiger partial charge in [-0.1, -0.05) is 0 Å². The van der Waals surface area contributed by atoms with Gasteiger partial charge in [0.1, 0.15) is 11.6 Å². The van der Waals surface area contributed by atoms with Gasteiger partial charge in [-0.15, -0.1) is 0 Å². The Morgan fingerprint density at radius 2 is 1.86 bits per heavy atom. The van der Waals surface area contributed by atoms with Gasteiger partial charge in [0.15, 0.2) is 5.82 Å². The fourth-order valence-electron chi connectivity index (χ4n) is 2.39. The summed E-state index contributed by atoms with van der Waals surface area (Å²) < 4.78 is 28.5. The monoisotopic (exact) mass is 289 g/mol. The van der Waals surface area contributed by atoms with Crippen molar-refractivity contribution in [3.05, 3.63) is 41.7 Å². The summed E-state index contributed by atoms with van der Waals surface area (Å²) in [5.41, 5.74) is 8.77. The Bertz CT molecular complexity index is 799. The molecule has 0 amide bonds. The Balaban J connectivity index is 2.24. The second-order valence-corrected chi connectivity index (χ2v) is 4.82. The summed E-state index contributed by atoms with van der Waals surface area (Å²) in [6.45, 7) is 1.84. The standard InChI is InChI=1S/C14H13F2N5/c1-7-11(6-21(2)20-7)13-12(14(17)19-18-13)8-3-9(15)5-10(16)4-8/h3-6H,1-2H3,(H3,17,18,19). The molecule has 0 atom stereocenters. The molecule has 2 heterocycles. The summed E-state index contributed by atoms with van der Waals surface area (Å²) in [5.74, 6) is -1.16. The summed E-state index contributed by atoms with van der Waals surface area (Å²) >= 11 is 0. The smallest absolute Gasteiger partial charge is 0.153 e. The maximum absolute atomic E-state index is 13.4. The quantitative estimate of drug-likeness (QED) is 0.761. The first-order chi connectivity index (χ1) is 9.95. The summed E-state index contributed by atoms with van der Waals surface area (Å²) in [6, 6.07) is 3.26. The van der Waals surface area contributed by atoms with Crippen LogP contribution in [0.1, 0.15) is 5.69 Å². The van der Waals surface area contributed by atoms with Gasteiger partial charge < -0.3 is 5.73 Å². The van der Waals surface area contributed by atoms with Crippen LogP contribution in [0, 0.1) is 18.6 Å². The molecule has 2 aromatic heterocycles. The highest BCUT2D eigenvalue weighted by Gasteiger charge is 2.19. The third-order valence-corrected chi connectivity index (χ3v) is 3.23. The van der Waals surface area contributed by atoms with Crippen molar-refractivity contribution in [3.63, 3.8) is 0 Å². The Hall–Kier alpha value is -2.70. The lowest BCUT2D eigenvalue weighted by molar-refractivity contribution is 0.584. The first-order valence-electron chi connectivity index (χ1n) is 6.26. The number of nitrogens with zero attached hydrogens (tertiary/aromatic N) is 3. The van der Waals surface area contributed by atoms with Crippen LogP contribution in [0.3, 0.4) is 0 Å². The zero-order valence-corrected chi connectivity index (χ0v) is 11.5. The van der Waals surface area contributed by atoms with Gasteiger partial charge in [0.25, 0.3) is 0 Å². The van der Waals surface area contributed by atoms with Gasteiger partial charge in [-0.3, -0.25) is 9.78 Å². The average Bonchev–Trinajstić information content (AvgIpc) is 2.90. The van der Waals surface area contributed by atoms with E-state index in [9.17, 15) is 8.78 Å². The molecular formula is C14H13F2N5. The van der Waals surface area contributed by atoms with E-state index >= 15 is 0 Å². The zero-order valence-electron chi connectivity index (χ0n) is 11.5. The van der Waals surface area contributed by atoms with Gasteiger partial charge in [-0.05, 0) is 24.6 Å². The SMILES string of the molecule is Cc1nn(C)cc1-c1[nH]nc(N)c1-c1cc(F)cc(F)c1. The van der Waals surface area contributed by atoms with Crippen molar-refractivity contribution >= 4 is 5.82 Å². The Morgan fingerprint density at radius 1 is 1.19 bits per heavy atom. The van der Waals surface area contributed by atoms with Gasteiger partial charge >= 0.3 is 0 Å². The van der Waals surface area contributed by atoms with E-state index < -0.39 is 11.6 Å². The van der Waals surface area contributed by atoms with Crippen LogP contribution in [0.5, 0.6) is 0 Å². The average molecular weight is 289 g/mol. The second-order valence-electron chi connectivity index (χ2n) is 4.82. The molecule has 0 saturated carbocycles. The van der Waals surface area contributed by atoms with Crippen LogP contribution in [-0.2, 0) is 7.05 Å². The topological polar surface area (TPSA) is 72.5 Å². The minimum Gasteiger partial charge on any atom is -0.382 e. The maximum atomic E-state index is 13.4. The predicted molar refractivity (Wildman–Crippen MR) is 75.3 cm³/mol. The van der Waals surface area contributed by atoms with E-state index in [4.69, 9.17) is 5.73 Å². The number of benzene rings is 1. The van der Waals surface area contributed by atoms with Crippen molar-refractivity contribution < 1.29 is 8.78 Å². The lowest BCUT2D eigenvalue weighted by Crippen LogP contribution is -1.91. The molecule has 1 aromatic carbocycles. The molecule has 3 rings (SSSR count). The van der Waals surface area contributed by atoms with Gasteiger partial charge in [0.2, 0.25) is 0 Å². The first kappa shape index (κ1) is 13.3. The normalized spacial score (nSPS) is 11.0. The molecule has 5 nitrogen and oxygen atoms in total. The van der Waals surface area contributed by atoms with Crippen LogP contribution < -0.4 is 5.73 Å². The summed E-state index contributed by atoms with van der Waals surface area (Å²) in [6.07, 6.45) is 1.79. The van der Waals surface area contributed by atoms with Crippen LogP contribution in [-0.4, -0.2) is 20.0 Å². The zero-order chi connectivity index (χ0) is 15.1. The highest BCUT2D eigenvalue weighted by molar-refractivity contribution is 5.88. The molecule has 0 fully saturated rings. The van der Waals surface area contributed by atoms with Crippen molar-refractivity contribution in [1.82, 2.24) is 20.0 Å². The van der Waals surface area contributed by atoms with Crippen LogP contribution in [0.15, 0.2) is 24.4 Å². The van der Waals surface area contributed by atoms with Gasteiger partial charge in [0.05, 0.1) is 17.0 Å². The molecule has 0 spiro atoms. The summed E-state index contributed by atoms with van der Waals surface area (Å²) in [7, 11) is 1.79. The molecule has 21 heavy (non-hydrogen) atoms. The third kappa shape index (κ3) is 2.26. The van der Waals surface area contributed by atoms with E-state index in [1.165, 1.54) is 12.1 Å². The molecular weight excluding hydrogens is 276 g/mol. The van der Waals surface area contributed by atoms with E-state index in [2.05, 4.69) is 15.3 Å². The van der Waals surface area contributed by atoms with Crippen molar-refractivity contribution in [2.75, 3.05) is 5.73 Å². The number of rotatable bonds is 2. The highest BCUT2D eigenvalue weighted by Crippen LogP contribution is 2.36. The molecule has 0 aliphatic carbocycles. The van der Waals surface area contributed by atoms with Crippen molar-refractivity contribution in [1.29, 1.82) is 0 Å². The summed E-state index contributed by atoms with van der Waals surface area (Å²) in [4.78, 5) is 0. The van der Waals surface area contributed by atoms with Gasteiger partial charge in [-0.25, -0.2) is 8.78 Å².